The standard InChI is InChI=1S/C22H21N3O3S2/c1-13-18(21(27)28-4)19(14-7-9-15(10-8-14)24(2)3)25-20(26)17(30-22(25)23-13)12-16-6-5-11-29-16/h5-12,19H,1-4H3/b17-12+. The van der Waals surface area contributed by atoms with Crippen LogP contribution in [0.25, 0.3) is 6.08 Å². The first-order valence-corrected chi connectivity index (χ1v) is 11.0. The van der Waals surface area contributed by atoms with Gasteiger partial charge in [-0.2, -0.15) is 0 Å². The second-order valence-corrected chi connectivity index (χ2v) is 9.06. The van der Waals surface area contributed by atoms with Crippen molar-refractivity contribution in [2.24, 2.45) is 4.99 Å². The highest BCUT2D eigenvalue weighted by atomic mass is 32.1. The number of thiophene rings is 1. The topological polar surface area (TPSA) is 63.9 Å². The SMILES string of the molecule is COC(=O)C1=C(C)N=c2s/c(=C/c3cccs3)c(=O)n2C1c1ccc(N(C)C)cc1. The minimum Gasteiger partial charge on any atom is -0.466 e. The maximum Gasteiger partial charge on any atom is 0.338 e. The fraction of sp³-hybridized carbons (Fsp3) is 0.227. The summed E-state index contributed by atoms with van der Waals surface area (Å²) in [7, 11) is 5.27. The average Bonchev–Trinajstić information content (AvgIpc) is 3.35. The molecule has 2 aromatic heterocycles. The molecule has 0 bridgehead atoms. The van der Waals surface area contributed by atoms with E-state index in [4.69, 9.17) is 4.74 Å². The van der Waals surface area contributed by atoms with Crippen molar-refractivity contribution in [2.45, 2.75) is 13.0 Å². The van der Waals surface area contributed by atoms with Gasteiger partial charge in [-0.05, 0) is 42.1 Å². The Morgan fingerprint density at radius 3 is 2.57 bits per heavy atom. The Bertz CT molecular complexity index is 1300. The summed E-state index contributed by atoms with van der Waals surface area (Å²) >= 11 is 2.90. The Kier molecular flexibility index (Phi) is 5.44. The molecule has 6 nitrogen and oxygen atoms in total. The zero-order valence-electron chi connectivity index (χ0n) is 17.1. The molecule has 0 amide bonds. The van der Waals surface area contributed by atoms with Crippen molar-refractivity contribution in [1.29, 1.82) is 0 Å². The van der Waals surface area contributed by atoms with E-state index in [0.717, 1.165) is 16.1 Å². The first kappa shape index (κ1) is 20.3. The number of carbonyl (C=O) groups excluding carboxylic acids is 1. The quantitative estimate of drug-likeness (QED) is 0.586. The molecule has 1 aliphatic heterocycles. The lowest BCUT2D eigenvalue weighted by atomic mass is 9.95. The van der Waals surface area contributed by atoms with Crippen LogP contribution in [-0.4, -0.2) is 31.7 Å². The molecule has 0 N–H and O–H groups in total. The molecular weight excluding hydrogens is 418 g/mol. The van der Waals surface area contributed by atoms with Crippen molar-refractivity contribution in [2.75, 3.05) is 26.1 Å². The van der Waals surface area contributed by atoms with Crippen LogP contribution in [0.1, 0.15) is 23.4 Å². The number of methoxy groups -OCH3 is 1. The van der Waals surface area contributed by atoms with Gasteiger partial charge in [0.25, 0.3) is 5.56 Å². The number of fused-ring (bicyclic) bond motifs is 1. The summed E-state index contributed by atoms with van der Waals surface area (Å²) in [6.45, 7) is 1.78. The third-order valence-corrected chi connectivity index (χ3v) is 6.77. The number of hydrogen-bond acceptors (Lipinski definition) is 7. The molecule has 0 radical (unpaired) electrons. The molecule has 8 heteroatoms. The van der Waals surface area contributed by atoms with Gasteiger partial charge in [-0.15, -0.1) is 11.3 Å². The highest BCUT2D eigenvalue weighted by molar-refractivity contribution is 7.11. The third-order valence-electron chi connectivity index (χ3n) is 4.97. The second kappa shape index (κ2) is 8.04. The smallest absolute Gasteiger partial charge is 0.338 e. The van der Waals surface area contributed by atoms with Crippen molar-refractivity contribution in [3.05, 3.63) is 83.2 Å². The number of ether oxygens (including phenoxy) is 1. The summed E-state index contributed by atoms with van der Waals surface area (Å²) in [4.78, 5) is 34.2. The van der Waals surface area contributed by atoms with Crippen LogP contribution in [0.5, 0.6) is 0 Å². The van der Waals surface area contributed by atoms with Gasteiger partial charge >= 0.3 is 5.97 Å². The van der Waals surface area contributed by atoms with E-state index in [0.29, 0.717) is 20.6 Å². The first-order valence-electron chi connectivity index (χ1n) is 9.32. The molecule has 3 heterocycles. The number of anilines is 1. The number of aromatic nitrogens is 1. The van der Waals surface area contributed by atoms with Gasteiger partial charge in [0.2, 0.25) is 0 Å². The molecule has 4 rings (SSSR count). The fourth-order valence-corrected chi connectivity index (χ4v) is 5.23. The molecule has 0 fully saturated rings. The Hall–Kier alpha value is -2.97. The molecule has 0 saturated carbocycles. The van der Waals surface area contributed by atoms with Gasteiger partial charge in [0.1, 0.15) is 0 Å². The number of hydrogen-bond donors (Lipinski definition) is 0. The normalized spacial score (nSPS) is 16.3. The molecule has 0 spiro atoms. The van der Waals surface area contributed by atoms with Crippen LogP contribution in [0.15, 0.2) is 62.8 Å². The van der Waals surface area contributed by atoms with E-state index in [-0.39, 0.29) is 5.56 Å². The molecule has 1 aromatic carbocycles. The number of benzene rings is 1. The van der Waals surface area contributed by atoms with Crippen molar-refractivity contribution < 1.29 is 9.53 Å². The van der Waals surface area contributed by atoms with Crippen molar-refractivity contribution in [3.8, 4) is 0 Å². The van der Waals surface area contributed by atoms with Gasteiger partial charge in [-0.1, -0.05) is 29.5 Å². The molecule has 1 unspecified atom stereocenters. The number of rotatable bonds is 4. The maximum absolute atomic E-state index is 13.4. The van der Waals surface area contributed by atoms with Gasteiger partial charge in [-0.3, -0.25) is 9.36 Å². The van der Waals surface area contributed by atoms with E-state index in [1.54, 1.807) is 22.8 Å². The summed E-state index contributed by atoms with van der Waals surface area (Å²) in [6.07, 6.45) is 1.87. The van der Waals surface area contributed by atoms with Crippen LogP contribution < -0.4 is 19.8 Å². The molecule has 0 aliphatic carbocycles. The number of nitrogens with zero attached hydrogens (tertiary/aromatic N) is 3. The third kappa shape index (κ3) is 3.53. The minimum absolute atomic E-state index is 0.164. The largest absolute Gasteiger partial charge is 0.466 e. The zero-order chi connectivity index (χ0) is 21.4. The number of allylic oxidation sites excluding steroid dienone is 1. The summed E-state index contributed by atoms with van der Waals surface area (Å²) < 4.78 is 7.23. The van der Waals surface area contributed by atoms with Crippen molar-refractivity contribution in [1.82, 2.24) is 4.57 Å². The van der Waals surface area contributed by atoms with Gasteiger partial charge in [0.05, 0.1) is 29.0 Å². The molecule has 1 atom stereocenters. The van der Waals surface area contributed by atoms with E-state index in [2.05, 4.69) is 4.99 Å². The van der Waals surface area contributed by atoms with Crippen LogP contribution in [0.2, 0.25) is 0 Å². The summed E-state index contributed by atoms with van der Waals surface area (Å²) in [5, 5.41) is 1.97. The lowest BCUT2D eigenvalue weighted by Crippen LogP contribution is -2.39. The van der Waals surface area contributed by atoms with Crippen molar-refractivity contribution in [3.63, 3.8) is 0 Å². The highest BCUT2D eigenvalue weighted by Gasteiger charge is 2.33. The van der Waals surface area contributed by atoms with Crippen LogP contribution in [0.3, 0.4) is 0 Å². The Morgan fingerprint density at radius 2 is 1.97 bits per heavy atom. The first-order chi connectivity index (χ1) is 14.4. The summed E-state index contributed by atoms with van der Waals surface area (Å²) in [5.41, 5.74) is 2.64. The van der Waals surface area contributed by atoms with Crippen LogP contribution in [-0.2, 0) is 9.53 Å². The second-order valence-electron chi connectivity index (χ2n) is 7.07. The monoisotopic (exact) mass is 439 g/mol. The van der Waals surface area contributed by atoms with Crippen molar-refractivity contribution >= 4 is 40.4 Å². The van der Waals surface area contributed by atoms with E-state index < -0.39 is 12.0 Å². The average molecular weight is 440 g/mol. The highest BCUT2D eigenvalue weighted by Crippen LogP contribution is 2.31. The predicted octanol–water partition coefficient (Wildman–Crippen LogP) is 2.54. The van der Waals surface area contributed by atoms with Gasteiger partial charge in [-0.25, -0.2) is 9.79 Å². The minimum atomic E-state index is -0.588. The lowest BCUT2D eigenvalue weighted by molar-refractivity contribution is -0.136. The maximum atomic E-state index is 13.4. The molecule has 154 valence electrons. The van der Waals surface area contributed by atoms with Gasteiger partial charge in [0.15, 0.2) is 4.80 Å². The van der Waals surface area contributed by atoms with Crippen LogP contribution >= 0.6 is 22.7 Å². The molecular formula is C22H21N3O3S2. The number of thiazole rings is 1. The summed E-state index contributed by atoms with van der Waals surface area (Å²) in [6, 6.07) is 11.2. The number of esters is 1. The molecule has 0 saturated heterocycles. The Morgan fingerprint density at radius 1 is 1.23 bits per heavy atom. The Balaban J connectivity index is 1.95. The summed E-state index contributed by atoms with van der Waals surface area (Å²) in [5.74, 6) is -0.481. The molecule has 30 heavy (non-hydrogen) atoms. The van der Waals surface area contributed by atoms with E-state index >= 15 is 0 Å². The van der Waals surface area contributed by atoms with E-state index in [9.17, 15) is 9.59 Å². The van der Waals surface area contributed by atoms with Crippen LogP contribution in [0, 0.1) is 0 Å². The van der Waals surface area contributed by atoms with Gasteiger partial charge in [0, 0.05) is 24.7 Å². The van der Waals surface area contributed by atoms with Crippen LogP contribution in [0.4, 0.5) is 5.69 Å². The van der Waals surface area contributed by atoms with E-state index in [1.165, 1.54) is 18.4 Å². The molecule has 1 aliphatic rings. The number of carbonyl (C=O) groups is 1. The van der Waals surface area contributed by atoms with Gasteiger partial charge < -0.3 is 9.64 Å². The Labute approximate surface area is 181 Å². The fourth-order valence-electron chi connectivity index (χ4n) is 3.47. The van der Waals surface area contributed by atoms with E-state index in [1.807, 2.05) is 66.8 Å². The zero-order valence-corrected chi connectivity index (χ0v) is 18.7. The molecule has 3 aromatic rings. The lowest BCUT2D eigenvalue weighted by Gasteiger charge is -2.25. The predicted molar refractivity (Wildman–Crippen MR) is 121 cm³/mol.